The largest absolute Gasteiger partial charge is 0.481 e. The number of nitrogens with one attached hydrogen (secondary N) is 1. The van der Waals surface area contributed by atoms with Crippen LogP contribution in [0, 0.1) is 0 Å². The van der Waals surface area contributed by atoms with Gasteiger partial charge in [0.05, 0.1) is 25.9 Å². The van der Waals surface area contributed by atoms with Crippen LogP contribution < -0.4 is 10.1 Å². The van der Waals surface area contributed by atoms with Gasteiger partial charge >= 0.3 is 0 Å². The van der Waals surface area contributed by atoms with E-state index in [-0.39, 0.29) is 5.91 Å². The van der Waals surface area contributed by atoms with Crippen LogP contribution in [0.25, 0.3) is 0 Å². The summed E-state index contributed by atoms with van der Waals surface area (Å²) < 4.78 is 10.4. The van der Waals surface area contributed by atoms with Crippen molar-refractivity contribution in [3.63, 3.8) is 0 Å². The average molecular weight is 341 g/mol. The topological polar surface area (TPSA) is 63.7 Å². The van der Waals surface area contributed by atoms with Crippen LogP contribution in [0.15, 0.2) is 42.6 Å². The summed E-state index contributed by atoms with van der Waals surface area (Å²) in [4.78, 5) is 18.7. The fraction of sp³-hybridized carbons (Fsp3) is 0.368. The van der Waals surface area contributed by atoms with Crippen LogP contribution in [0.2, 0.25) is 0 Å². The lowest BCUT2D eigenvalue weighted by molar-refractivity contribution is 0.0340. The third-order valence-electron chi connectivity index (χ3n) is 4.26. The molecule has 1 aliphatic heterocycles. The molecule has 0 bridgehead atoms. The third-order valence-corrected chi connectivity index (χ3v) is 4.26. The standard InChI is InChI=1S/C19H23N3O3/c1-24-18-7-6-16(13-20-18)19(23)21-12-15-4-2-3-5-17(15)14-22-8-10-25-11-9-22/h2-7,13H,8-12,14H2,1H3,(H,21,23). The van der Waals surface area contributed by atoms with Crippen molar-refractivity contribution in [1.29, 1.82) is 0 Å². The Kier molecular flexibility index (Phi) is 5.98. The SMILES string of the molecule is COc1ccc(C(=O)NCc2ccccc2CN2CCOCC2)cn1. The predicted octanol–water partition coefficient (Wildman–Crippen LogP) is 1.85. The Hall–Kier alpha value is -2.44. The Labute approximate surface area is 147 Å². The van der Waals surface area contributed by atoms with Gasteiger partial charge in [-0.05, 0) is 17.2 Å². The molecule has 0 aliphatic carbocycles. The van der Waals surface area contributed by atoms with Gasteiger partial charge in [-0.15, -0.1) is 0 Å². The van der Waals surface area contributed by atoms with Crippen molar-refractivity contribution in [2.75, 3.05) is 33.4 Å². The molecule has 0 atom stereocenters. The van der Waals surface area contributed by atoms with E-state index in [1.165, 1.54) is 11.8 Å². The van der Waals surface area contributed by atoms with Crippen LogP contribution in [0.4, 0.5) is 0 Å². The van der Waals surface area contributed by atoms with E-state index in [4.69, 9.17) is 9.47 Å². The van der Waals surface area contributed by atoms with Crippen LogP contribution in [-0.4, -0.2) is 49.2 Å². The highest BCUT2D eigenvalue weighted by Crippen LogP contribution is 2.13. The van der Waals surface area contributed by atoms with Crippen LogP contribution in [0.1, 0.15) is 21.5 Å². The summed E-state index contributed by atoms with van der Waals surface area (Å²) in [5.41, 5.74) is 2.88. The van der Waals surface area contributed by atoms with Crippen molar-refractivity contribution >= 4 is 5.91 Å². The minimum absolute atomic E-state index is 0.142. The second kappa shape index (κ2) is 8.60. The molecule has 25 heavy (non-hydrogen) atoms. The second-order valence-corrected chi connectivity index (χ2v) is 5.93. The number of carbonyl (C=O) groups excluding carboxylic acids is 1. The monoisotopic (exact) mass is 341 g/mol. The number of pyridine rings is 1. The van der Waals surface area contributed by atoms with E-state index >= 15 is 0 Å². The first-order valence-corrected chi connectivity index (χ1v) is 8.41. The average Bonchev–Trinajstić information content (AvgIpc) is 2.68. The lowest BCUT2D eigenvalue weighted by Crippen LogP contribution is -2.36. The molecule has 1 aromatic heterocycles. The first kappa shape index (κ1) is 17.4. The molecule has 1 aromatic carbocycles. The van der Waals surface area contributed by atoms with Gasteiger partial charge in [0, 0.05) is 38.4 Å². The smallest absolute Gasteiger partial charge is 0.253 e. The minimum Gasteiger partial charge on any atom is -0.481 e. The summed E-state index contributed by atoms with van der Waals surface area (Å²) in [5, 5.41) is 2.97. The summed E-state index contributed by atoms with van der Waals surface area (Å²) in [6.07, 6.45) is 1.52. The number of aromatic nitrogens is 1. The molecule has 6 heteroatoms. The summed E-state index contributed by atoms with van der Waals surface area (Å²) in [5.74, 6) is 0.351. The lowest BCUT2D eigenvalue weighted by Gasteiger charge is -2.27. The van der Waals surface area contributed by atoms with E-state index in [0.29, 0.717) is 18.0 Å². The zero-order valence-corrected chi connectivity index (χ0v) is 14.4. The van der Waals surface area contributed by atoms with Crippen molar-refractivity contribution in [2.45, 2.75) is 13.1 Å². The van der Waals surface area contributed by atoms with Gasteiger partial charge < -0.3 is 14.8 Å². The molecule has 0 saturated carbocycles. The number of carbonyl (C=O) groups is 1. The maximum atomic E-state index is 12.3. The Balaban J connectivity index is 1.61. The fourth-order valence-electron chi connectivity index (χ4n) is 2.80. The number of nitrogens with zero attached hydrogens (tertiary/aromatic N) is 2. The van der Waals surface area contributed by atoms with E-state index in [2.05, 4.69) is 27.3 Å². The first-order valence-electron chi connectivity index (χ1n) is 8.41. The van der Waals surface area contributed by atoms with Gasteiger partial charge in [-0.2, -0.15) is 0 Å². The van der Waals surface area contributed by atoms with E-state index in [1.807, 2.05) is 12.1 Å². The summed E-state index contributed by atoms with van der Waals surface area (Å²) in [6.45, 7) is 4.81. The second-order valence-electron chi connectivity index (χ2n) is 5.93. The maximum absolute atomic E-state index is 12.3. The molecule has 2 aromatic rings. The molecular formula is C19H23N3O3. The van der Waals surface area contributed by atoms with Gasteiger partial charge in [0.25, 0.3) is 5.91 Å². The number of ether oxygens (including phenoxy) is 2. The number of hydrogen-bond donors (Lipinski definition) is 1. The van der Waals surface area contributed by atoms with E-state index in [0.717, 1.165) is 38.4 Å². The first-order chi connectivity index (χ1) is 12.3. The summed E-state index contributed by atoms with van der Waals surface area (Å²) in [7, 11) is 1.55. The number of morpholine rings is 1. The highest BCUT2D eigenvalue weighted by atomic mass is 16.5. The van der Waals surface area contributed by atoms with Gasteiger partial charge in [-0.1, -0.05) is 24.3 Å². The van der Waals surface area contributed by atoms with E-state index in [9.17, 15) is 4.79 Å². The highest BCUT2D eigenvalue weighted by Gasteiger charge is 2.13. The molecule has 132 valence electrons. The van der Waals surface area contributed by atoms with Crippen molar-refractivity contribution in [2.24, 2.45) is 0 Å². The molecule has 3 rings (SSSR count). The van der Waals surface area contributed by atoms with Crippen molar-refractivity contribution in [3.05, 3.63) is 59.3 Å². The number of benzene rings is 1. The summed E-state index contributed by atoms with van der Waals surface area (Å²) >= 11 is 0. The van der Waals surface area contributed by atoms with Gasteiger partial charge in [-0.25, -0.2) is 4.98 Å². The molecule has 6 nitrogen and oxygen atoms in total. The quantitative estimate of drug-likeness (QED) is 0.869. The van der Waals surface area contributed by atoms with Crippen molar-refractivity contribution in [1.82, 2.24) is 15.2 Å². The molecule has 0 spiro atoms. The number of amides is 1. The minimum atomic E-state index is -0.142. The fourth-order valence-corrected chi connectivity index (χ4v) is 2.80. The molecule has 1 N–H and O–H groups in total. The normalized spacial score (nSPS) is 14.9. The summed E-state index contributed by atoms with van der Waals surface area (Å²) in [6, 6.07) is 11.6. The molecule has 1 aliphatic rings. The van der Waals surface area contributed by atoms with Gasteiger partial charge in [0.2, 0.25) is 5.88 Å². The van der Waals surface area contributed by atoms with Crippen LogP contribution in [0.3, 0.4) is 0 Å². The Morgan fingerprint density at radius 2 is 1.96 bits per heavy atom. The molecule has 1 saturated heterocycles. The Bertz CT molecular complexity index is 697. The van der Waals surface area contributed by atoms with E-state index in [1.54, 1.807) is 19.2 Å². The highest BCUT2D eigenvalue weighted by molar-refractivity contribution is 5.93. The Morgan fingerprint density at radius 1 is 1.20 bits per heavy atom. The van der Waals surface area contributed by atoms with Crippen molar-refractivity contribution < 1.29 is 14.3 Å². The zero-order valence-electron chi connectivity index (χ0n) is 14.4. The molecular weight excluding hydrogens is 318 g/mol. The zero-order chi connectivity index (χ0) is 17.5. The van der Waals surface area contributed by atoms with Crippen molar-refractivity contribution in [3.8, 4) is 5.88 Å². The lowest BCUT2D eigenvalue weighted by atomic mass is 10.1. The van der Waals surface area contributed by atoms with Gasteiger partial charge in [0.1, 0.15) is 0 Å². The molecule has 0 radical (unpaired) electrons. The van der Waals surface area contributed by atoms with Crippen LogP contribution in [0.5, 0.6) is 5.88 Å². The van der Waals surface area contributed by atoms with Crippen LogP contribution >= 0.6 is 0 Å². The number of methoxy groups -OCH3 is 1. The maximum Gasteiger partial charge on any atom is 0.253 e. The molecule has 1 fully saturated rings. The number of hydrogen-bond acceptors (Lipinski definition) is 5. The molecule has 0 unspecified atom stereocenters. The predicted molar refractivity (Wildman–Crippen MR) is 94.5 cm³/mol. The van der Waals surface area contributed by atoms with Gasteiger partial charge in [0.15, 0.2) is 0 Å². The van der Waals surface area contributed by atoms with E-state index < -0.39 is 0 Å². The third kappa shape index (κ3) is 4.78. The van der Waals surface area contributed by atoms with Crippen LogP contribution in [-0.2, 0) is 17.8 Å². The molecule has 1 amide bonds. The molecule has 2 heterocycles. The Morgan fingerprint density at radius 3 is 2.64 bits per heavy atom. The number of rotatable bonds is 6. The van der Waals surface area contributed by atoms with Gasteiger partial charge in [-0.3, -0.25) is 9.69 Å².